The Bertz CT molecular complexity index is 572. The van der Waals surface area contributed by atoms with Gasteiger partial charge < -0.3 is 4.90 Å². The van der Waals surface area contributed by atoms with Crippen molar-refractivity contribution in [3.05, 3.63) is 56.2 Å². The second-order valence-corrected chi connectivity index (χ2v) is 7.07. The van der Waals surface area contributed by atoms with Crippen LogP contribution in [0.2, 0.25) is 0 Å². The quantitative estimate of drug-likeness (QED) is 0.769. The van der Waals surface area contributed by atoms with Crippen molar-refractivity contribution in [2.24, 2.45) is 0 Å². The first-order valence-electron chi connectivity index (χ1n) is 6.58. The van der Waals surface area contributed by atoms with E-state index in [9.17, 15) is 4.79 Å². The average molecular weight is 352 g/mol. The lowest BCUT2D eigenvalue weighted by molar-refractivity contribution is 0.0692. The zero-order valence-corrected chi connectivity index (χ0v) is 14.3. The molecule has 2 rings (SSSR count). The van der Waals surface area contributed by atoms with Gasteiger partial charge in [-0.3, -0.25) is 4.79 Å². The van der Waals surface area contributed by atoms with E-state index in [2.05, 4.69) is 35.8 Å². The van der Waals surface area contributed by atoms with E-state index < -0.39 is 0 Å². The molecule has 2 aromatic rings. The molecule has 2 nitrogen and oxygen atoms in total. The topological polar surface area (TPSA) is 20.3 Å². The Hall–Kier alpha value is -1.13. The maximum absolute atomic E-state index is 12.7. The number of thiophene rings is 1. The summed E-state index contributed by atoms with van der Waals surface area (Å²) in [6.07, 6.45) is 0. The highest BCUT2D eigenvalue weighted by molar-refractivity contribution is 9.10. The maximum Gasteiger partial charge on any atom is 0.254 e. The van der Waals surface area contributed by atoms with Crippen LogP contribution in [0.5, 0.6) is 0 Å². The Morgan fingerprint density at radius 3 is 2.65 bits per heavy atom. The van der Waals surface area contributed by atoms with Crippen LogP contribution in [0.1, 0.15) is 34.6 Å². The number of carbonyl (C=O) groups excluding carboxylic acids is 1. The van der Waals surface area contributed by atoms with Crippen LogP contribution in [0.15, 0.2) is 40.2 Å². The number of aryl methyl sites for hydroxylation is 1. The molecule has 0 N–H and O–H groups in total. The van der Waals surface area contributed by atoms with Crippen molar-refractivity contribution in [3.63, 3.8) is 0 Å². The summed E-state index contributed by atoms with van der Waals surface area (Å²) in [5, 5.41) is 2.04. The van der Waals surface area contributed by atoms with E-state index in [0.717, 1.165) is 15.6 Å². The molecule has 0 aliphatic heterocycles. The summed E-state index contributed by atoms with van der Waals surface area (Å²) >= 11 is 5.14. The molecule has 0 aliphatic carbocycles. The lowest BCUT2D eigenvalue weighted by Gasteiger charge is -2.26. The highest BCUT2D eigenvalue weighted by atomic mass is 79.9. The molecule has 0 aliphatic rings. The molecular weight excluding hydrogens is 334 g/mol. The minimum absolute atomic E-state index is 0.0813. The van der Waals surface area contributed by atoms with Gasteiger partial charge >= 0.3 is 0 Å². The van der Waals surface area contributed by atoms with Gasteiger partial charge in [0.25, 0.3) is 5.91 Å². The fraction of sp³-hybridized carbons (Fsp3) is 0.312. The number of hydrogen-bond donors (Lipinski definition) is 0. The van der Waals surface area contributed by atoms with Gasteiger partial charge in [0.15, 0.2) is 0 Å². The SMILES string of the molecule is Cc1cc(Br)cc(C(=O)N(Cc2cccs2)C(C)C)c1. The van der Waals surface area contributed by atoms with Crippen LogP contribution in [0.3, 0.4) is 0 Å². The smallest absolute Gasteiger partial charge is 0.254 e. The lowest BCUT2D eigenvalue weighted by Crippen LogP contribution is -2.36. The fourth-order valence-corrected chi connectivity index (χ4v) is 3.40. The molecule has 0 radical (unpaired) electrons. The standard InChI is InChI=1S/C16H18BrNOS/c1-11(2)18(10-15-5-4-6-20-15)16(19)13-7-12(3)8-14(17)9-13/h4-9,11H,10H2,1-3H3. The first kappa shape index (κ1) is 15.3. The molecule has 0 bridgehead atoms. The summed E-state index contributed by atoms with van der Waals surface area (Å²) in [6.45, 7) is 6.77. The molecule has 1 aromatic carbocycles. The molecule has 106 valence electrons. The molecule has 4 heteroatoms. The van der Waals surface area contributed by atoms with Crippen molar-refractivity contribution in [2.45, 2.75) is 33.4 Å². The van der Waals surface area contributed by atoms with Crippen molar-refractivity contribution >= 4 is 33.2 Å². The Morgan fingerprint density at radius 2 is 2.10 bits per heavy atom. The number of halogens is 1. The second-order valence-electron chi connectivity index (χ2n) is 5.12. The predicted octanol–water partition coefficient (Wildman–Crippen LogP) is 4.87. The Labute approximate surface area is 132 Å². The minimum Gasteiger partial charge on any atom is -0.331 e. The van der Waals surface area contributed by atoms with Crippen LogP contribution in [-0.2, 0) is 6.54 Å². The third-order valence-electron chi connectivity index (χ3n) is 3.08. The van der Waals surface area contributed by atoms with Crippen LogP contribution in [0, 0.1) is 6.92 Å². The number of benzene rings is 1. The Kier molecular flexibility index (Phi) is 5.00. The van der Waals surface area contributed by atoms with Gasteiger partial charge in [0, 0.05) is 21.0 Å². The van der Waals surface area contributed by atoms with E-state index in [1.54, 1.807) is 11.3 Å². The molecule has 0 saturated carbocycles. The van der Waals surface area contributed by atoms with Crippen LogP contribution in [0.4, 0.5) is 0 Å². The maximum atomic E-state index is 12.7. The minimum atomic E-state index is 0.0813. The number of carbonyl (C=O) groups is 1. The zero-order valence-electron chi connectivity index (χ0n) is 11.9. The van der Waals surface area contributed by atoms with Crippen molar-refractivity contribution in [3.8, 4) is 0 Å². The molecule has 0 spiro atoms. The molecule has 0 unspecified atom stereocenters. The normalized spacial score (nSPS) is 10.8. The number of amides is 1. The highest BCUT2D eigenvalue weighted by Crippen LogP contribution is 2.20. The van der Waals surface area contributed by atoms with E-state index in [1.807, 2.05) is 41.5 Å². The number of rotatable bonds is 4. The summed E-state index contributed by atoms with van der Waals surface area (Å²) in [4.78, 5) is 15.8. The van der Waals surface area contributed by atoms with Crippen LogP contribution < -0.4 is 0 Å². The van der Waals surface area contributed by atoms with Gasteiger partial charge in [-0.2, -0.15) is 0 Å². The Morgan fingerprint density at radius 1 is 1.35 bits per heavy atom. The van der Waals surface area contributed by atoms with E-state index in [4.69, 9.17) is 0 Å². The van der Waals surface area contributed by atoms with Crippen LogP contribution >= 0.6 is 27.3 Å². The van der Waals surface area contributed by atoms with E-state index in [-0.39, 0.29) is 11.9 Å². The molecule has 0 saturated heterocycles. The average Bonchev–Trinajstić information content (AvgIpc) is 2.86. The van der Waals surface area contributed by atoms with E-state index in [0.29, 0.717) is 6.54 Å². The van der Waals surface area contributed by atoms with Gasteiger partial charge in [-0.25, -0.2) is 0 Å². The van der Waals surface area contributed by atoms with Gasteiger partial charge in [-0.05, 0) is 56.0 Å². The van der Waals surface area contributed by atoms with Gasteiger partial charge in [-0.1, -0.05) is 22.0 Å². The predicted molar refractivity (Wildman–Crippen MR) is 88.2 cm³/mol. The van der Waals surface area contributed by atoms with Gasteiger partial charge in [0.2, 0.25) is 0 Å². The monoisotopic (exact) mass is 351 g/mol. The number of nitrogens with zero attached hydrogens (tertiary/aromatic N) is 1. The van der Waals surface area contributed by atoms with Crippen molar-refractivity contribution in [1.82, 2.24) is 4.90 Å². The third kappa shape index (κ3) is 3.70. The molecule has 0 atom stereocenters. The summed E-state index contributed by atoms with van der Waals surface area (Å²) < 4.78 is 0.945. The van der Waals surface area contributed by atoms with Gasteiger partial charge in [-0.15, -0.1) is 11.3 Å². The molecule has 0 fully saturated rings. The zero-order chi connectivity index (χ0) is 14.7. The second kappa shape index (κ2) is 6.55. The molecule has 1 heterocycles. The van der Waals surface area contributed by atoms with Crippen molar-refractivity contribution < 1.29 is 4.79 Å². The Balaban J connectivity index is 2.26. The third-order valence-corrected chi connectivity index (χ3v) is 4.40. The van der Waals surface area contributed by atoms with Gasteiger partial charge in [0.1, 0.15) is 0 Å². The van der Waals surface area contributed by atoms with Crippen molar-refractivity contribution in [1.29, 1.82) is 0 Å². The first-order chi connectivity index (χ1) is 9.47. The molecule has 1 amide bonds. The summed E-state index contributed by atoms with van der Waals surface area (Å²) in [5.74, 6) is 0.0813. The van der Waals surface area contributed by atoms with E-state index in [1.165, 1.54) is 4.88 Å². The first-order valence-corrected chi connectivity index (χ1v) is 8.25. The molecular formula is C16H18BrNOS. The molecule has 20 heavy (non-hydrogen) atoms. The largest absolute Gasteiger partial charge is 0.331 e. The van der Waals surface area contributed by atoms with Gasteiger partial charge in [0.05, 0.1) is 6.54 Å². The van der Waals surface area contributed by atoms with E-state index >= 15 is 0 Å². The summed E-state index contributed by atoms with van der Waals surface area (Å²) in [6, 6.07) is 10.1. The fourth-order valence-electron chi connectivity index (χ4n) is 2.08. The van der Waals surface area contributed by atoms with Crippen LogP contribution in [-0.4, -0.2) is 16.8 Å². The van der Waals surface area contributed by atoms with Crippen molar-refractivity contribution in [2.75, 3.05) is 0 Å². The summed E-state index contributed by atoms with van der Waals surface area (Å²) in [5.41, 5.74) is 1.82. The summed E-state index contributed by atoms with van der Waals surface area (Å²) in [7, 11) is 0. The van der Waals surface area contributed by atoms with Crippen LogP contribution in [0.25, 0.3) is 0 Å². The highest BCUT2D eigenvalue weighted by Gasteiger charge is 2.20. The molecule has 1 aromatic heterocycles. The number of hydrogen-bond acceptors (Lipinski definition) is 2. The lowest BCUT2D eigenvalue weighted by atomic mass is 10.1.